The summed E-state index contributed by atoms with van der Waals surface area (Å²) >= 11 is 0. The number of carbonyl (C=O) groups excluding carboxylic acids is 2. The van der Waals surface area contributed by atoms with Gasteiger partial charge in [0.2, 0.25) is 0 Å². The van der Waals surface area contributed by atoms with E-state index in [1.807, 2.05) is 19.0 Å². The van der Waals surface area contributed by atoms with Crippen molar-refractivity contribution in [2.24, 2.45) is 0 Å². The Bertz CT molecular complexity index is 459. The van der Waals surface area contributed by atoms with E-state index in [0.29, 0.717) is 6.54 Å². The van der Waals surface area contributed by atoms with Gasteiger partial charge in [0.1, 0.15) is 5.69 Å². The Kier molecular flexibility index (Phi) is 4.27. The Morgan fingerprint density at radius 3 is 2.84 bits per heavy atom. The Morgan fingerprint density at radius 1 is 1.42 bits per heavy atom. The molecule has 0 N–H and O–H groups in total. The van der Waals surface area contributed by atoms with E-state index >= 15 is 0 Å². The van der Waals surface area contributed by atoms with E-state index in [1.54, 1.807) is 23.1 Å². The molecule has 2 rings (SSSR count). The van der Waals surface area contributed by atoms with Crippen molar-refractivity contribution in [1.82, 2.24) is 14.8 Å². The molecule has 102 valence electrons. The van der Waals surface area contributed by atoms with Gasteiger partial charge >= 0.3 is 0 Å². The molecule has 19 heavy (non-hydrogen) atoms. The second-order valence-electron chi connectivity index (χ2n) is 5.10. The minimum Gasteiger partial charge on any atom is -0.331 e. The van der Waals surface area contributed by atoms with Crippen LogP contribution < -0.4 is 0 Å². The maximum Gasteiger partial charge on any atom is 0.296 e. The summed E-state index contributed by atoms with van der Waals surface area (Å²) in [6, 6.07) is 5.16. The van der Waals surface area contributed by atoms with E-state index in [-0.39, 0.29) is 11.7 Å². The topological polar surface area (TPSA) is 53.5 Å². The van der Waals surface area contributed by atoms with Crippen LogP contribution in [-0.2, 0) is 4.79 Å². The third-order valence-electron chi connectivity index (χ3n) is 3.31. The predicted octanol–water partition coefficient (Wildman–Crippen LogP) is 0.817. The van der Waals surface area contributed by atoms with Gasteiger partial charge in [-0.1, -0.05) is 6.07 Å². The molecule has 5 heteroatoms. The van der Waals surface area contributed by atoms with Crippen LogP contribution in [0.1, 0.15) is 23.3 Å². The Balaban J connectivity index is 2.08. The number of likely N-dealkylation sites (N-methyl/N-ethyl adjacent to an activating group) is 1. The lowest BCUT2D eigenvalue weighted by Crippen LogP contribution is -2.44. The number of Topliss-reactive ketones (excluding diaryl/α,β-unsaturated/α-hetero) is 1. The number of rotatable bonds is 4. The number of aromatic nitrogens is 1. The molecule has 1 unspecified atom stereocenters. The van der Waals surface area contributed by atoms with Crippen LogP contribution >= 0.6 is 0 Å². The quantitative estimate of drug-likeness (QED) is 0.595. The monoisotopic (exact) mass is 261 g/mol. The molecule has 1 atom stereocenters. The van der Waals surface area contributed by atoms with Crippen molar-refractivity contribution < 1.29 is 9.59 Å². The summed E-state index contributed by atoms with van der Waals surface area (Å²) in [4.78, 5) is 32.0. The van der Waals surface area contributed by atoms with Crippen molar-refractivity contribution in [3.05, 3.63) is 30.1 Å². The Morgan fingerprint density at radius 2 is 2.21 bits per heavy atom. The summed E-state index contributed by atoms with van der Waals surface area (Å²) in [6.07, 6.45) is 3.45. The number of pyridine rings is 1. The average molecular weight is 261 g/mol. The first-order chi connectivity index (χ1) is 9.09. The molecule has 0 bridgehead atoms. The van der Waals surface area contributed by atoms with Gasteiger partial charge in [-0.2, -0.15) is 0 Å². The summed E-state index contributed by atoms with van der Waals surface area (Å²) in [5, 5.41) is 0. The highest BCUT2D eigenvalue weighted by molar-refractivity contribution is 6.42. The fourth-order valence-electron chi connectivity index (χ4n) is 2.45. The number of amides is 1. The van der Waals surface area contributed by atoms with Crippen molar-refractivity contribution >= 4 is 11.7 Å². The number of carbonyl (C=O) groups is 2. The zero-order valence-electron chi connectivity index (χ0n) is 11.4. The third kappa shape index (κ3) is 3.17. The third-order valence-corrected chi connectivity index (χ3v) is 3.31. The first-order valence-corrected chi connectivity index (χ1v) is 6.50. The van der Waals surface area contributed by atoms with Crippen molar-refractivity contribution in [1.29, 1.82) is 0 Å². The van der Waals surface area contributed by atoms with E-state index < -0.39 is 11.7 Å². The molecule has 0 saturated carbocycles. The van der Waals surface area contributed by atoms with Gasteiger partial charge < -0.3 is 9.80 Å². The minimum absolute atomic E-state index is 0.134. The highest BCUT2D eigenvalue weighted by Gasteiger charge is 2.33. The lowest BCUT2D eigenvalue weighted by atomic mass is 10.2. The first-order valence-electron chi connectivity index (χ1n) is 6.50. The smallest absolute Gasteiger partial charge is 0.296 e. The van der Waals surface area contributed by atoms with Gasteiger partial charge in [0.05, 0.1) is 0 Å². The molecule has 1 saturated heterocycles. The van der Waals surface area contributed by atoms with E-state index in [9.17, 15) is 9.59 Å². The summed E-state index contributed by atoms with van der Waals surface area (Å²) in [6.45, 7) is 1.46. The molecule has 1 fully saturated rings. The summed E-state index contributed by atoms with van der Waals surface area (Å²) in [7, 11) is 3.95. The van der Waals surface area contributed by atoms with Gasteiger partial charge in [0.15, 0.2) is 0 Å². The molecule has 1 aromatic heterocycles. The molecule has 2 heterocycles. The molecule has 1 aliphatic heterocycles. The van der Waals surface area contributed by atoms with E-state index in [1.165, 1.54) is 6.20 Å². The molecule has 1 aliphatic rings. The van der Waals surface area contributed by atoms with Crippen molar-refractivity contribution in [2.75, 3.05) is 27.2 Å². The molecule has 0 aliphatic carbocycles. The second kappa shape index (κ2) is 5.93. The van der Waals surface area contributed by atoms with Crippen molar-refractivity contribution in [3.63, 3.8) is 0 Å². The van der Waals surface area contributed by atoms with Crippen LogP contribution in [0.2, 0.25) is 0 Å². The largest absolute Gasteiger partial charge is 0.331 e. The van der Waals surface area contributed by atoms with Crippen LogP contribution in [0.25, 0.3) is 0 Å². The van der Waals surface area contributed by atoms with Crippen LogP contribution in [0, 0.1) is 0 Å². The molecule has 0 radical (unpaired) electrons. The lowest BCUT2D eigenvalue weighted by Gasteiger charge is -2.26. The van der Waals surface area contributed by atoms with Gasteiger partial charge in [0, 0.05) is 25.3 Å². The van der Waals surface area contributed by atoms with Gasteiger partial charge in [-0.05, 0) is 39.1 Å². The van der Waals surface area contributed by atoms with E-state index in [2.05, 4.69) is 4.98 Å². The van der Waals surface area contributed by atoms with Crippen LogP contribution in [0.4, 0.5) is 0 Å². The van der Waals surface area contributed by atoms with Gasteiger partial charge in [-0.25, -0.2) is 0 Å². The van der Waals surface area contributed by atoms with Crippen molar-refractivity contribution in [3.8, 4) is 0 Å². The molecule has 1 amide bonds. The van der Waals surface area contributed by atoms with Crippen LogP contribution in [0.15, 0.2) is 24.4 Å². The number of hydrogen-bond donors (Lipinski definition) is 0. The standard InChI is InChI=1S/C14H19N3O2/c1-16(2)10-11-6-5-9-17(11)14(19)13(18)12-7-3-4-8-15-12/h3-4,7-8,11H,5-6,9-10H2,1-2H3. The Labute approximate surface area is 113 Å². The van der Waals surface area contributed by atoms with Gasteiger partial charge in [0.25, 0.3) is 11.7 Å². The maximum absolute atomic E-state index is 12.3. The zero-order chi connectivity index (χ0) is 13.8. The highest BCUT2D eigenvalue weighted by Crippen LogP contribution is 2.18. The number of likely N-dealkylation sites (tertiary alicyclic amines) is 1. The molecular formula is C14H19N3O2. The molecular weight excluding hydrogens is 242 g/mol. The second-order valence-corrected chi connectivity index (χ2v) is 5.10. The highest BCUT2D eigenvalue weighted by atomic mass is 16.2. The Hall–Kier alpha value is -1.75. The lowest BCUT2D eigenvalue weighted by molar-refractivity contribution is -0.127. The fourth-order valence-corrected chi connectivity index (χ4v) is 2.45. The molecule has 1 aromatic rings. The number of ketones is 1. The minimum atomic E-state index is -0.508. The first kappa shape index (κ1) is 13.7. The molecule has 5 nitrogen and oxygen atoms in total. The van der Waals surface area contributed by atoms with Crippen LogP contribution in [0.3, 0.4) is 0 Å². The average Bonchev–Trinajstić information content (AvgIpc) is 2.85. The normalized spacial score (nSPS) is 18.9. The zero-order valence-corrected chi connectivity index (χ0v) is 11.4. The van der Waals surface area contributed by atoms with Crippen molar-refractivity contribution in [2.45, 2.75) is 18.9 Å². The summed E-state index contributed by atoms with van der Waals surface area (Å²) in [5.41, 5.74) is 0.225. The molecule has 0 spiro atoms. The molecule has 0 aromatic carbocycles. The summed E-state index contributed by atoms with van der Waals surface area (Å²) < 4.78 is 0. The van der Waals surface area contributed by atoms with Crippen LogP contribution in [0.5, 0.6) is 0 Å². The number of hydrogen-bond acceptors (Lipinski definition) is 4. The predicted molar refractivity (Wildman–Crippen MR) is 71.9 cm³/mol. The van der Waals surface area contributed by atoms with Gasteiger partial charge in [-0.15, -0.1) is 0 Å². The SMILES string of the molecule is CN(C)CC1CCCN1C(=O)C(=O)c1ccccn1. The maximum atomic E-state index is 12.3. The van der Waals surface area contributed by atoms with E-state index in [0.717, 1.165) is 19.4 Å². The van der Waals surface area contributed by atoms with E-state index in [4.69, 9.17) is 0 Å². The van der Waals surface area contributed by atoms with Gasteiger partial charge in [-0.3, -0.25) is 14.6 Å². The fraction of sp³-hybridized carbons (Fsp3) is 0.500. The number of nitrogens with zero attached hydrogens (tertiary/aromatic N) is 3. The van der Waals surface area contributed by atoms with Crippen LogP contribution in [-0.4, -0.2) is 59.7 Å². The summed E-state index contributed by atoms with van der Waals surface area (Å²) in [5.74, 6) is -0.936.